The fourth-order valence-corrected chi connectivity index (χ4v) is 5.02. The quantitative estimate of drug-likeness (QED) is 0.342. The Kier molecular flexibility index (Phi) is 5.18. The number of hydrogen-bond acceptors (Lipinski definition) is 7. The van der Waals surface area contributed by atoms with Gasteiger partial charge in [0.25, 0.3) is 5.56 Å². The third-order valence-electron chi connectivity index (χ3n) is 5.81. The van der Waals surface area contributed by atoms with Gasteiger partial charge in [0.2, 0.25) is 6.79 Å². The molecule has 1 aliphatic rings. The molecule has 5 aromatic rings. The van der Waals surface area contributed by atoms with Gasteiger partial charge in [-0.3, -0.25) is 4.79 Å². The molecule has 1 aliphatic heterocycles. The van der Waals surface area contributed by atoms with E-state index in [4.69, 9.17) is 13.9 Å². The zero-order chi connectivity index (χ0) is 25.0. The first-order valence-electron chi connectivity index (χ1n) is 10.7. The summed E-state index contributed by atoms with van der Waals surface area (Å²) in [6, 6.07) is 14.3. The number of ether oxygens (including phenoxy) is 2. The van der Waals surface area contributed by atoms with E-state index in [2.05, 4.69) is 0 Å². The third-order valence-corrected chi connectivity index (χ3v) is 6.87. The Balaban J connectivity index is 1.64. The van der Waals surface area contributed by atoms with Crippen molar-refractivity contribution in [2.24, 2.45) is 0 Å². The molecule has 3 aromatic carbocycles. The summed E-state index contributed by atoms with van der Waals surface area (Å²) in [5.41, 5.74) is -0.640. The predicted molar refractivity (Wildman–Crippen MR) is 128 cm³/mol. The topological polar surface area (TPSA) is 90.9 Å². The highest BCUT2D eigenvalue weighted by atomic mass is 32.2. The average molecular weight is 507 g/mol. The van der Waals surface area contributed by atoms with Crippen molar-refractivity contribution in [3.8, 4) is 17.2 Å². The van der Waals surface area contributed by atoms with Crippen LogP contribution in [0, 0.1) is 11.6 Å². The Morgan fingerprint density at radius 1 is 0.944 bits per heavy atom. The predicted octanol–water partition coefficient (Wildman–Crippen LogP) is 5.02. The summed E-state index contributed by atoms with van der Waals surface area (Å²) < 4.78 is 45.0. The SMILES string of the molecule is O=c1oc2c(c(O)c1Sc1cccc(F)c1)c(=O)n(Cc1ccc(F)cc1)c1cc3c(cc21)OCO3. The zero-order valence-electron chi connectivity index (χ0n) is 18.3. The van der Waals surface area contributed by atoms with E-state index in [0.29, 0.717) is 32.9 Å². The molecule has 2 aromatic heterocycles. The fourth-order valence-electron chi connectivity index (χ4n) is 4.14. The van der Waals surface area contributed by atoms with Gasteiger partial charge in [-0.2, -0.15) is 0 Å². The Morgan fingerprint density at radius 2 is 1.69 bits per heavy atom. The highest BCUT2D eigenvalue weighted by Crippen LogP contribution is 2.41. The number of hydrogen-bond donors (Lipinski definition) is 1. The largest absolute Gasteiger partial charge is 0.505 e. The molecular weight excluding hydrogens is 492 g/mol. The van der Waals surface area contributed by atoms with Crippen LogP contribution in [0.15, 0.2) is 84.5 Å². The molecule has 7 nitrogen and oxygen atoms in total. The molecule has 0 saturated carbocycles. The van der Waals surface area contributed by atoms with Gasteiger partial charge in [0.05, 0.1) is 12.1 Å². The number of benzene rings is 3. The van der Waals surface area contributed by atoms with Gasteiger partial charge in [-0.1, -0.05) is 30.0 Å². The van der Waals surface area contributed by atoms with Crippen molar-refractivity contribution in [2.75, 3.05) is 6.79 Å². The van der Waals surface area contributed by atoms with Gasteiger partial charge in [-0.15, -0.1) is 0 Å². The molecule has 0 saturated heterocycles. The molecule has 0 aliphatic carbocycles. The maximum Gasteiger partial charge on any atom is 0.354 e. The van der Waals surface area contributed by atoms with E-state index in [-0.39, 0.29) is 29.2 Å². The summed E-state index contributed by atoms with van der Waals surface area (Å²) in [7, 11) is 0. The Morgan fingerprint density at radius 3 is 2.44 bits per heavy atom. The Labute approximate surface area is 205 Å². The van der Waals surface area contributed by atoms with Crippen LogP contribution in [0.25, 0.3) is 21.9 Å². The van der Waals surface area contributed by atoms with E-state index >= 15 is 0 Å². The summed E-state index contributed by atoms with van der Waals surface area (Å²) in [4.78, 5) is 26.7. The van der Waals surface area contributed by atoms with Gasteiger partial charge in [-0.25, -0.2) is 13.6 Å². The van der Waals surface area contributed by atoms with Crippen LogP contribution < -0.4 is 20.7 Å². The monoisotopic (exact) mass is 507 g/mol. The molecule has 0 spiro atoms. The first-order valence-corrected chi connectivity index (χ1v) is 11.5. The Bertz CT molecular complexity index is 1800. The molecule has 0 atom stereocenters. The molecule has 3 heterocycles. The molecule has 0 amide bonds. The number of nitrogens with zero attached hydrogens (tertiary/aromatic N) is 1. The van der Waals surface area contributed by atoms with Crippen LogP contribution in [-0.2, 0) is 6.54 Å². The highest BCUT2D eigenvalue weighted by molar-refractivity contribution is 7.99. The lowest BCUT2D eigenvalue weighted by Gasteiger charge is -2.15. The Hall–Kier alpha value is -4.31. The second kappa shape index (κ2) is 8.42. The number of halogens is 2. The number of rotatable bonds is 4. The van der Waals surface area contributed by atoms with E-state index in [9.17, 15) is 23.5 Å². The maximum atomic E-state index is 13.7. The van der Waals surface area contributed by atoms with Crippen molar-refractivity contribution < 1.29 is 27.8 Å². The molecule has 1 N–H and O–H groups in total. The molecular formula is C26H15F2NO6S. The third kappa shape index (κ3) is 3.66. The number of fused-ring (bicyclic) bond motifs is 4. The van der Waals surface area contributed by atoms with Crippen molar-refractivity contribution >= 4 is 33.6 Å². The van der Waals surface area contributed by atoms with Gasteiger partial charge < -0.3 is 23.6 Å². The molecule has 10 heteroatoms. The van der Waals surface area contributed by atoms with E-state index in [1.807, 2.05) is 0 Å². The standard InChI is InChI=1S/C26H15F2NO6S/c27-14-6-4-13(5-7-14)11-29-18-10-20-19(33-12-34-20)9-17(18)23-21(25(29)31)22(30)24(26(32)35-23)36-16-3-1-2-15(28)8-16/h1-10,30H,11-12H2. The second-order valence-electron chi connectivity index (χ2n) is 8.07. The van der Waals surface area contributed by atoms with E-state index in [1.165, 1.54) is 34.9 Å². The number of pyridine rings is 1. The zero-order valence-corrected chi connectivity index (χ0v) is 19.1. The molecule has 0 radical (unpaired) electrons. The lowest BCUT2D eigenvalue weighted by Crippen LogP contribution is -2.23. The van der Waals surface area contributed by atoms with Crippen LogP contribution in [0.1, 0.15) is 5.56 Å². The van der Waals surface area contributed by atoms with Crippen molar-refractivity contribution in [3.63, 3.8) is 0 Å². The van der Waals surface area contributed by atoms with Crippen LogP contribution in [-0.4, -0.2) is 16.5 Å². The van der Waals surface area contributed by atoms with E-state index in [1.54, 1.807) is 30.3 Å². The second-order valence-corrected chi connectivity index (χ2v) is 9.15. The molecule has 0 fully saturated rings. The van der Waals surface area contributed by atoms with Crippen LogP contribution in [0.3, 0.4) is 0 Å². The summed E-state index contributed by atoms with van der Waals surface area (Å²) >= 11 is 0.785. The molecule has 180 valence electrons. The molecule has 0 unspecified atom stereocenters. The van der Waals surface area contributed by atoms with Gasteiger partial charge in [-0.05, 0) is 42.0 Å². The number of aromatic hydroxyl groups is 1. The first kappa shape index (κ1) is 22.2. The van der Waals surface area contributed by atoms with Crippen molar-refractivity contribution in [1.82, 2.24) is 4.57 Å². The van der Waals surface area contributed by atoms with E-state index < -0.39 is 28.6 Å². The van der Waals surface area contributed by atoms with E-state index in [0.717, 1.165) is 11.8 Å². The van der Waals surface area contributed by atoms with Crippen molar-refractivity contribution in [1.29, 1.82) is 0 Å². The minimum Gasteiger partial charge on any atom is -0.505 e. The smallest absolute Gasteiger partial charge is 0.354 e. The molecule has 0 bridgehead atoms. The van der Waals surface area contributed by atoms with Crippen LogP contribution in [0.5, 0.6) is 17.2 Å². The summed E-state index contributed by atoms with van der Waals surface area (Å²) in [5.74, 6) is -0.729. The molecule has 36 heavy (non-hydrogen) atoms. The minimum atomic E-state index is -0.885. The van der Waals surface area contributed by atoms with Gasteiger partial charge in [0.1, 0.15) is 21.9 Å². The van der Waals surface area contributed by atoms with Crippen LogP contribution in [0.2, 0.25) is 0 Å². The fraction of sp³-hybridized carbons (Fsp3) is 0.0769. The summed E-state index contributed by atoms with van der Waals surface area (Å²) in [6.45, 7) is 0.0194. The summed E-state index contributed by atoms with van der Waals surface area (Å²) in [5, 5.41) is 11.2. The average Bonchev–Trinajstić information content (AvgIpc) is 3.32. The first-order chi connectivity index (χ1) is 17.4. The van der Waals surface area contributed by atoms with Crippen LogP contribution >= 0.6 is 11.8 Å². The van der Waals surface area contributed by atoms with Gasteiger partial charge >= 0.3 is 5.63 Å². The van der Waals surface area contributed by atoms with Gasteiger partial charge in [0, 0.05) is 16.3 Å². The maximum absolute atomic E-state index is 13.7. The lowest BCUT2D eigenvalue weighted by molar-refractivity contribution is 0.174. The lowest BCUT2D eigenvalue weighted by atomic mass is 10.1. The minimum absolute atomic E-state index is 0.0184. The number of aromatic nitrogens is 1. The highest BCUT2D eigenvalue weighted by Gasteiger charge is 2.25. The van der Waals surface area contributed by atoms with Crippen molar-refractivity contribution in [3.05, 3.63) is 98.6 Å². The van der Waals surface area contributed by atoms with Gasteiger partial charge in [0.15, 0.2) is 22.8 Å². The summed E-state index contributed by atoms with van der Waals surface area (Å²) in [6.07, 6.45) is 0. The normalized spacial score (nSPS) is 12.5. The van der Waals surface area contributed by atoms with Crippen molar-refractivity contribution in [2.45, 2.75) is 16.3 Å². The van der Waals surface area contributed by atoms with Crippen LogP contribution in [0.4, 0.5) is 8.78 Å². The molecule has 6 rings (SSSR count).